The lowest BCUT2D eigenvalue weighted by molar-refractivity contribution is -0.137. The third kappa shape index (κ3) is 18.0. The van der Waals surface area contributed by atoms with Crippen molar-refractivity contribution in [2.75, 3.05) is 58.9 Å². The van der Waals surface area contributed by atoms with Crippen molar-refractivity contribution in [3.8, 4) is 0 Å². The lowest BCUT2D eigenvalue weighted by Gasteiger charge is -2.38. The molecule has 0 aromatic rings. The topological polar surface area (TPSA) is 158 Å². The number of unbranched alkanes of at least 4 members (excludes halogenated alkanes) is 2. The van der Waals surface area contributed by atoms with Crippen LogP contribution in [0.1, 0.15) is 94.9 Å². The quantitative estimate of drug-likeness (QED) is 0.287. The van der Waals surface area contributed by atoms with Gasteiger partial charge < -0.3 is 39.3 Å². The first-order valence-electron chi connectivity index (χ1n) is 16.2. The summed E-state index contributed by atoms with van der Waals surface area (Å²) in [5.74, 6) is -1.06. The maximum absolute atomic E-state index is 13.3. The highest BCUT2D eigenvalue weighted by molar-refractivity contribution is 5.78. The Balaban J connectivity index is 3.26. The number of aliphatic carboxylic acids is 1. The second kappa shape index (κ2) is 18.2. The number of nitrogens with one attached hydrogen (secondary N) is 1. The van der Waals surface area contributed by atoms with Crippen LogP contribution in [0.5, 0.6) is 0 Å². The Labute approximate surface area is 275 Å². The average molecular weight is 658 g/mol. The fourth-order valence-corrected chi connectivity index (χ4v) is 4.49. The summed E-state index contributed by atoms with van der Waals surface area (Å²) in [5.41, 5.74) is -2.23. The number of hydrogen-bond acceptors (Lipinski definition) is 9. The Kier molecular flexibility index (Phi) is 16.1. The Morgan fingerprint density at radius 1 is 0.652 bits per heavy atom. The molecule has 0 saturated carbocycles. The highest BCUT2D eigenvalue weighted by atomic mass is 16.6. The van der Waals surface area contributed by atoms with Gasteiger partial charge in [0.05, 0.1) is 6.54 Å². The van der Waals surface area contributed by atoms with Gasteiger partial charge in [0.15, 0.2) is 0 Å². The smallest absolute Gasteiger partial charge is 0.410 e. The summed E-state index contributed by atoms with van der Waals surface area (Å²) in [7, 11) is 0. The second-order valence-corrected chi connectivity index (χ2v) is 14.7. The molecule has 1 rings (SSSR count). The number of nitrogens with zero attached hydrogens (tertiary/aromatic N) is 4. The first-order valence-corrected chi connectivity index (χ1v) is 16.2. The number of carboxylic acid groups (broad SMARTS) is 1. The summed E-state index contributed by atoms with van der Waals surface area (Å²) < 4.78 is 17.0. The fraction of sp³-hybridized carbons (Fsp3) is 0.844. The van der Waals surface area contributed by atoms with E-state index in [9.17, 15) is 24.0 Å². The number of rotatable bonds is 8. The van der Waals surface area contributed by atoms with Crippen molar-refractivity contribution in [1.82, 2.24) is 24.9 Å². The summed E-state index contributed by atoms with van der Waals surface area (Å²) >= 11 is 0. The molecule has 266 valence electrons. The molecule has 46 heavy (non-hydrogen) atoms. The van der Waals surface area contributed by atoms with Crippen LogP contribution in [-0.2, 0) is 23.8 Å². The summed E-state index contributed by atoms with van der Waals surface area (Å²) in [5, 5.41) is 11.7. The molecule has 4 amide bonds. The van der Waals surface area contributed by atoms with E-state index >= 15 is 0 Å². The highest BCUT2D eigenvalue weighted by Crippen LogP contribution is 2.16. The van der Waals surface area contributed by atoms with Gasteiger partial charge in [-0.2, -0.15) is 0 Å². The van der Waals surface area contributed by atoms with Gasteiger partial charge in [0, 0.05) is 64.8 Å². The van der Waals surface area contributed by atoms with Gasteiger partial charge in [-0.05, 0) is 82.1 Å². The van der Waals surface area contributed by atoms with E-state index in [1.165, 1.54) is 14.7 Å². The zero-order valence-corrected chi connectivity index (χ0v) is 29.8. The fourth-order valence-electron chi connectivity index (χ4n) is 4.49. The maximum atomic E-state index is 13.3. The van der Waals surface area contributed by atoms with Crippen molar-refractivity contribution in [3.63, 3.8) is 0 Å². The number of amides is 4. The minimum absolute atomic E-state index is 0.0185. The van der Waals surface area contributed by atoms with Crippen LogP contribution in [0.25, 0.3) is 0 Å². The van der Waals surface area contributed by atoms with E-state index < -0.39 is 41.1 Å². The molecule has 0 aliphatic carbocycles. The van der Waals surface area contributed by atoms with Crippen LogP contribution in [0.2, 0.25) is 0 Å². The Morgan fingerprint density at radius 3 is 1.50 bits per heavy atom. The average Bonchev–Trinajstić information content (AvgIpc) is 2.86. The van der Waals surface area contributed by atoms with E-state index in [1.54, 1.807) is 62.3 Å². The van der Waals surface area contributed by atoms with E-state index in [0.717, 1.165) is 0 Å². The first-order chi connectivity index (χ1) is 21.1. The van der Waals surface area contributed by atoms with Gasteiger partial charge in [-0.15, -0.1) is 0 Å². The molecule has 1 atom stereocenters. The van der Waals surface area contributed by atoms with Crippen molar-refractivity contribution < 1.29 is 43.3 Å². The Morgan fingerprint density at radius 2 is 1.07 bits per heavy atom. The van der Waals surface area contributed by atoms with Crippen LogP contribution in [-0.4, -0.2) is 137 Å². The molecule has 1 aliphatic rings. The predicted molar refractivity (Wildman–Crippen MR) is 174 cm³/mol. The summed E-state index contributed by atoms with van der Waals surface area (Å²) in [6.07, 6.45) is 0.332. The van der Waals surface area contributed by atoms with E-state index in [0.29, 0.717) is 32.4 Å². The van der Waals surface area contributed by atoms with E-state index in [2.05, 4.69) is 5.32 Å². The minimum Gasteiger partial charge on any atom is -0.481 e. The third-order valence-electron chi connectivity index (χ3n) is 6.74. The van der Waals surface area contributed by atoms with Gasteiger partial charge in [0.25, 0.3) is 0 Å². The van der Waals surface area contributed by atoms with Gasteiger partial charge in [0.1, 0.15) is 16.8 Å². The SMILES string of the molecule is CC1CN(C(=O)OC(C)(C)C)CCN(C(=O)OC(C)(C)C)CCN(C(=O)OC(C)(C)C)CCN1CC(=O)NCCCCCC(=O)O. The van der Waals surface area contributed by atoms with Crippen LogP contribution in [0, 0.1) is 0 Å². The number of carboxylic acids is 1. The van der Waals surface area contributed by atoms with Gasteiger partial charge in [-0.1, -0.05) is 6.42 Å². The van der Waals surface area contributed by atoms with Crippen molar-refractivity contribution in [2.24, 2.45) is 0 Å². The van der Waals surface area contributed by atoms with Crippen molar-refractivity contribution in [2.45, 2.75) is 118 Å². The summed E-state index contributed by atoms with van der Waals surface area (Å²) in [6, 6.07) is -0.330. The molecule has 1 fully saturated rings. The van der Waals surface area contributed by atoms with Gasteiger partial charge in [0.2, 0.25) is 5.91 Å². The zero-order valence-electron chi connectivity index (χ0n) is 29.8. The van der Waals surface area contributed by atoms with Gasteiger partial charge >= 0.3 is 24.2 Å². The molecule has 1 unspecified atom stereocenters. The molecule has 14 nitrogen and oxygen atoms in total. The summed E-state index contributed by atoms with van der Waals surface area (Å²) in [6.45, 7) is 19.6. The molecule has 0 aromatic carbocycles. The molecule has 0 aromatic heterocycles. The normalized spacial score (nSPS) is 17.8. The molecular weight excluding hydrogens is 598 g/mol. The lowest BCUT2D eigenvalue weighted by atomic mass is 10.2. The maximum Gasteiger partial charge on any atom is 0.410 e. The molecule has 1 saturated heterocycles. The zero-order chi connectivity index (χ0) is 35.3. The van der Waals surface area contributed by atoms with Crippen LogP contribution in [0.15, 0.2) is 0 Å². The van der Waals surface area contributed by atoms with Crippen molar-refractivity contribution in [1.29, 1.82) is 0 Å². The molecule has 0 radical (unpaired) electrons. The Hall–Kier alpha value is -3.29. The standard InChI is InChI=1S/C32H59N5O9/c1-24-22-37(29(43)46-32(8,9)10)21-19-35(28(42)45-31(5,6)7)17-16-34(27(41)44-30(2,3)4)18-20-36(24)23-25(38)33-15-13-11-12-14-26(39)40/h24H,11-23H2,1-10H3,(H,33,38)(H,39,40). The monoisotopic (exact) mass is 657 g/mol. The predicted octanol–water partition coefficient (Wildman–Crippen LogP) is 4.16. The lowest BCUT2D eigenvalue weighted by Crippen LogP contribution is -2.54. The first kappa shape index (κ1) is 40.7. The van der Waals surface area contributed by atoms with Gasteiger partial charge in [-0.3, -0.25) is 14.5 Å². The van der Waals surface area contributed by atoms with Crippen LogP contribution >= 0.6 is 0 Å². The number of ether oxygens (including phenoxy) is 3. The molecule has 14 heteroatoms. The van der Waals surface area contributed by atoms with Gasteiger partial charge in [-0.25, -0.2) is 14.4 Å². The molecule has 2 N–H and O–H groups in total. The minimum atomic E-state index is -0.841. The number of hydrogen-bond donors (Lipinski definition) is 2. The van der Waals surface area contributed by atoms with E-state index in [-0.39, 0.29) is 64.2 Å². The molecular formula is C32H59N5O9. The molecule has 0 bridgehead atoms. The van der Waals surface area contributed by atoms with E-state index in [4.69, 9.17) is 19.3 Å². The Bertz CT molecular complexity index is 1020. The second-order valence-electron chi connectivity index (χ2n) is 14.7. The van der Waals surface area contributed by atoms with Crippen molar-refractivity contribution in [3.05, 3.63) is 0 Å². The van der Waals surface area contributed by atoms with Crippen LogP contribution in [0.3, 0.4) is 0 Å². The number of carbonyl (C=O) groups excluding carboxylic acids is 4. The highest BCUT2D eigenvalue weighted by Gasteiger charge is 2.31. The van der Waals surface area contributed by atoms with Crippen LogP contribution < -0.4 is 5.32 Å². The van der Waals surface area contributed by atoms with E-state index in [1.807, 2.05) is 11.8 Å². The largest absolute Gasteiger partial charge is 0.481 e. The number of carbonyl (C=O) groups is 5. The molecule has 1 heterocycles. The van der Waals surface area contributed by atoms with Crippen molar-refractivity contribution >= 4 is 30.2 Å². The third-order valence-corrected chi connectivity index (χ3v) is 6.74. The molecule has 1 aliphatic heterocycles. The summed E-state index contributed by atoms with van der Waals surface area (Å²) in [4.78, 5) is 70.0. The van der Waals surface area contributed by atoms with Crippen LogP contribution in [0.4, 0.5) is 14.4 Å². The molecule has 0 spiro atoms.